The molecule has 4 heteroatoms. The molecule has 2 amide bonds. The Kier molecular flexibility index (Phi) is 6.07. The van der Waals surface area contributed by atoms with Crippen molar-refractivity contribution in [2.45, 2.75) is 83.7 Å². The number of hydrogen-bond donors (Lipinski definition) is 0. The Hall–Kier alpha value is -1.06. The van der Waals surface area contributed by atoms with Crippen LogP contribution in [-0.2, 0) is 9.59 Å². The summed E-state index contributed by atoms with van der Waals surface area (Å²) in [6.07, 6.45) is 8.71. The number of nitrogens with zero attached hydrogens (tertiary/aromatic N) is 2. The van der Waals surface area contributed by atoms with Gasteiger partial charge in [-0.1, -0.05) is 0 Å². The van der Waals surface area contributed by atoms with Crippen LogP contribution in [0.2, 0.25) is 0 Å². The Morgan fingerprint density at radius 2 is 1.24 bits per heavy atom. The fraction of sp³-hybridized carbons (Fsp3) is 0.882. The average molecular weight is 294 g/mol. The van der Waals surface area contributed by atoms with Crippen molar-refractivity contribution in [2.24, 2.45) is 0 Å². The van der Waals surface area contributed by atoms with Gasteiger partial charge >= 0.3 is 0 Å². The SMILES string of the molecule is C[C@H]1CCCCN1C(=O)CCCC(=O)N1CCCC[C@@H]1C. The molecular weight excluding hydrogens is 264 g/mol. The number of rotatable bonds is 4. The Morgan fingerprint density at radius 3 is 1.62 bits per heavy atom. The van der Waals surface area contributed by atoms with Gasteiger partial charge in [0.15, 0.2) is 0 Å². The smallest absolute Gasteiger partial charge is 0.222 e. The van der Waals surface area contributed by atoms with Crippen LogP contribution in [-0.4, -0.2) is 46.8 Å². The van der Waals surface area contributed by atoms with E-state index in [1.807, 2.05) is 9.80 Å². The first-order valence-corrected chi connectivity index (χ1v) is 8.68. The standard InChI is InChI=1S/C17H30N2O2/c1-14-8-3-5-12-18(14)16(20)10-7-11-17(21)19-13-6-4-9-15(19)2/h14-15H,3-13H2,1-2H3/t14-,15-/m0/s1. The normalized spacial score (nSPS) is 26.8. The van der Waals surface area contributed by atoms with Crippen molar-refractivity contribution in [2.75, 3.05) is 13.1 Å². The highest BCUT2D eigenvalue weighted by Crippen LogP contribution is 2.20. The van der Waals surface area contributed by atoms with Crippen molar-refractivity contribution in [3.63, 3.8) is 0 Å². The van der Waals surface area contributed by atoms with Gasteiger partial charge in [0.1, 0.15) is 0 Å². The summed E-state index contributed by atoms with van der Waals surface area (Å²) in [4.78, 5) is 28.5. The van der Waals surface area contributed by atoms with Gasteiger partial charge in [0.2, 0.25) is 11.8 Å². The summed E-state index contributed by atoms with van der Waals surface area (Å²) in [7, 11) is 0. The van der Waals surface area contributed by atoms with Gasteiger partial charge in [0.25, 0.3) is 0 Å². The molecule has 2 aliphatic rings. The number of carbonyl (C=O) groups excluding carboxylic acids is 2. The molecule has 0 aliphatic carbocycles. The molecule has 0 aromatic rings. The molecule has 0 N–H and O–H groups in total. The lowest BCUT2D eigenvalue weighted by Gasteiger charge is -2.34. The third-order valence-corrected chi connectivity index (χ3v) is 5.03. The second-order valence-electron chi connectivity index (χ2n) is 6.72. The maximum absolute atomic E-state index is 12.2. The highest BCUT2D eigenvalue weighted by molar-refractivity contribution is 5.79. The molecule has 2 fully saturated rings. The lowest BCUT2D eigenvalue weighted by atomic mass is 10.0. The van der Waals surface area contributed by atoms with Crippen LogP contribution in [0.5, 0.6) is 0 Å². The first-order chi connectivity index (χ1) is 10.1. The van der Waals surface area contributed by atoms with E-state index in [4.69, 9.17) is 0 Å². The third kappa shape index (κ3) is 4.45. The van der Waals surface area contributed by atoms with Crippen LogP contribution in [0, 0.1) is 0 Å². The van der Waals surface area contributed by atoms with Gasteiger partial charge in [0, 0.05) is 38.0 Å². The fourth-order valence-corrected chi connectivity index (χ4v) is 3.62. The van der Waals surface area contributed by atoms with Crippen LogP contribution in [0.4, 0.5) is 0 Å². The molecule has 0 aromatic heterocycles. The van der Waals surface area contributed by atoms with E-state index in [2.05, 4.69) is 13.8 Å². The molecule has 120 valence electrons. The Bertz CT molecular complexity index is 336. The molecule has 0 saturated carbocycles. The predicted molar refractivity (Wildman–Crippen MR) is 83.9 cm³/mol. The molecule has 2 heterocycles. The van der Waals surface area contributed by atoms with Crippen molar-refractivity contribution >= 4 is 11.8 Å². The van der Waals surface area contributed by atoms with Crippen LogP contribution in [0.1, 0.15) is 71.6 Å². The maximum Gasteiger partial charge on any atom is 0.222 e. The molecule has 2 rings (SSSR count). The first kappa shape index (κ1) is 16.3. The van der Waals surface area contributed by atoms with Crippen molar-refractivity contribution in [1.29, 1.82) is 0 Å². The quantitative estimate of drug-likeness (QED) is 0.800. The lowest BCUT2D eigenvalue weighted by molar-refractivity contribution is -0.136. The number of likely N-dealkylation sites (tertiary alicyclic amines) is 2. The van der Waals surface area contributed by atoms with E-state index >= 15 is 0 Å². The number of carbonyl (C=O) groups is 2. The zero-order chi connectivity index (χ0) is 15.2. The predicted octanol–water partition coefficient (Wildman–Crippen LogP) is 2.96. The van der Waals surface area contributed by atoms with E-state index in [1.165, 1.54) is 12.8 Å². The summed E-state index contributed by atoms with van der Waals surface area (Å²) in [5.74, 6) is 0.475. The number of piperidine rings is 2. The lowest BCUT2D eigenvalue weighted by Crippen LogP contribution is -2.43. The van der Waals surface area contributed by atoms with Crippen LogP contribution < -0.4 is 0 Å². The molecule has 2 saturated heterocycles. The van der Waals surface area contributed by atoms with Gasteiger partial charge in [-0.05, 0) is 58.8 Å². The minimum Gasteiger partial charge on any atom is -0.340 e. The van der Waals surface area contributed by atoms with Gasteiger partial charge in [-0.2, -0.15) is 0 Å². The third-order valence-electron chi connectivity index (χ3n) is 5.03. The van der Waals surface area contributed by atoms with Crippen LogP contribution >= 0.6 is 0 Å². The van der Waals surface area contributed by atoms with E-state index in [9.17, 15) is 9.59 Å². The van der Waals surface area contributed by atoms with E-state index in [0.717, 1.165) is 38.8 Å². The van der Waals surface area contributed by atoms with Gasteiger partial charge in [-0.15, -0.1) is 0 Å². The molecule has 0 unspecified atom stereocenters. The maximum atomic E-state index is 12.2. The molecule has 2 atom stereocenters. The summed E-state index contributed by atoms with van der Waals surface area (Å²) < 4.78 is 0. The molecule has 21 heavy (non-hydrogen) atoms. The zero-order valence-corrected chi connectivity index (χ0v) is 13.6. The van der Waals surface area contributed by atoms with Gasteiger partial charge in [0.05, 0.1) is 0 Å². The monoisotopic (exact) mass is 294 g/mol. The fourth-order valence-electron chi connectivity index (χ4n) is 3.62. The van der Waals surface area contributed by atoms with Crippen LogP contribution in [0.25, 0.3) is 0 Å². The van der Waals surface area contributed by atoms with Crippen molar-refractivity contribution in [1.82, 2.24) is 9.80 Å². The zero-order valence-electron chi connectivity index (χ0n) is 13.6. The molecule has 4 nitrogen and oxygen atoms in total. The Morgan fingerprint density at radius 1 is 0.810 bits per heavy atom. The average Bonchev–Trinajstić information content (AvgIpc) is 2.48. The van der Waals surface area contributed by atoms with Crippen LogP contribution in [0.15, 0.2) is 0 Å². The topological polar surface area (TPSA) is 40.6 Å². The summed E-state index contributed by atoms with van der Waals surface area (Å²) in [5, 5.41) is 0. The summed E-state index contributed by atoms with van der Waals surface area (Å²) in [6, 6.07) is 0.758. The van der Waals surface area contributed by atoms with Crippen LogP contribution in [0.3, 0.4) is 0 Å². The molecule has 0 radical (unpaired) electrons. The number of amides is 2. The summed E-state index contributed by atoms with van der Waals surface area (Å²) in [5.41, 5.74) is 0. The van der Waals surface area contributed by atoms with E-state index < -0.39 is 0 Å². The highest BCUT2D eigenvalue weighted by atomic mass is 16.2. The second kappa shape index (κ2) is 7.81. The largest absolute Gasteiger partial charge is 0.340 e. The Balaban J connectivity index is 1.70. The van der Waals surface area contributed by atoms with Crippen molar-refractivity contribution < 1.29 is 9.59 Å². The molecule has 0 aromatic carbocycles. The molecule has 2 aliphatic heterocycles. The number of hydrogen-bond acceptors (Lipinski definition) is 2. The van der Waals surface area contributed by atoms with Gasteiger partial charge in [-0.25, -0.2) is 0 Å². The van der Waals surface area contributed by atoms with E-state index in [0.29, 0.717) is 31.3 Å². The summed E-state index contributed by atoms with van der Waals surface area (Å²) in [6.45, 7) is 6.07. The molecular formula is C17H30N2O2. The van der Waals surface area contributed by atoms with Gasteiger partial charge < -0.3 is 9.80 Å². The highest BCUT2D eigenvalue weighted by Gasteiger charge is 2.25. The molecule has 0 bridgehead atoms. The summed E-state index contributed by atoms with van der Waals surface area (Å²) >= 11 is 0. The van der Waals surface area contributed by atoms with Gasteiger partial charge in [-0.3, -0.25) is 9.59 Å². The van der Waals surface area contributed by atoms with Crippen molar-refractivity contribution in [3.05, 3.63) is 0 Å². The first-order valence-electron chi connectivity index (χ1n) is 8.68. The minimum atomic E-state index is 0.238. The second-order valence-corrected chi connectivity index (χ2v) is 6.72. The van der Waals surface area contributed by atoms with E-state index in [-0.39, 0.29) is 11.8 Å². The minimum absolute atomic E-state index is 0.238. The van der Waals surface area contributed by atoms with Crippen molar-refractivity contribution in [3.8, 4) is 0 Å². The Labute approximate surface area is 128 Å². The molecule has 0 spiro atoms. The van der Waals surface area contributed by atoms with E-state index in [1.54, 1.807) is 0 Å².